The smallest absolute Gasteiger partial charge is 0.332 e. The van der Waals surface area contributed by atoms with Gasteiger partial charge in [-0.25, -0.2) is 9.59 Å². The van der Waals surface area contributed by atoms with E-state index in [1.165, 1.54) is 57.8 Å². The second kappa shape index (κ2) is 16.2. The summed E-state index contributed by atoms with van der Waals surface area (Å²) in [5, 5.41) is 18.5. The lowest BCUT2D eigenvalue weighted by molar-refractivity contribution is -0.136. The van der Waals surface area contributed by atoms with Gasteiger partial charge in [-0.2, -0.15) is 0 Å². The quantitative estimate of drug-likeness (QED) is 0.236. The van der Waals surface area contributed by atoms with Crippen LogP contribution in [-0.2, 0) is 9.59 Å². The van der Waals surface area contributed by atoms with Crippen molar-refractivity contribution < 1.29 is 19.8 Å². The average molecular weight is 355 g/mol. The number of carboxylic acid groups (broad SMARTS) is 2. The van der Waals surface area contributed by atoms with Crippen molar-refractivity contribution in [2.45, 2.75) is 110 Å². The first-order valence-electron chi connectivity index (χ1n) is 10.2. The molecule has 0 heterocycles. The maximum absolute atomic E-state index is 11.3. The third-order valence-corrected chi connectivity index (χ3v) is 4.66. The zero-order valence-electron chi connectivity index (χ0n) is 16.3. The number of hydrogen-bond acceptors (Lipinski definition) is 2. The molecule has 0 aliphatic rings. The van der Waals surface area contributed by atoms with E-state index in [9.17, 15) is 19.8 Å². The zero-order valence-corrected chi connectivity index (χ0v) is 16.3. The predicted octanol–water partition coefficient (Wildman–Crippen LogP) is 6.34. The van der Waals surface area contributed by atoms with Gasteiger partial charge in [0.2, 0.25) is 0 Å². The molecule has 0 atom stereocenters. The molecule has 2 N–H and O–H groups in total. The lowest BCUT2D eigenvalue weighted by Crippen LogP contribution is -2.11. The third kappa shape index (κ3) is 12.7. The highest BCUT2D eigenvalue weighted by Crippen LogP contribution is 2.19. The van der Waals surface area contributed by atoms with Gasteiger partial charge < -0.3 is 10.2 Å². The lowest BCUT2D eigenvalue weighted by Gasteiger charge is -2.08. The van der Waals surface area contributed by atoms with Gasteiger partial charge in [-0.15, -0.1) is 0 Å². The van der Waals surface area contributed by atoms with E-state index in [1.54, 1.807) is 0 Å². The van der Waals surface area contributed by atoms with Crippen LogP contribution < -0.4 is 0 Å². The maximum Gasteiger partial charge on any atom is 0.332 e. The van der Waals surface area contributed by atoms with Gasteiger partial charge in [0.25, 0.3) is 0 Å². The molecule has 0 bridgehead atoms. The number of unbranched alkanes of at least 4 members (excludes halogenated alkanes) is 11. The molecule has 0 aliphatic carbocycles. The molecule has 0 rings (SSSR count). The Hall–Kier alpha value is -1.32. The van der Waals surface area contributed by atoms with Crippen LogP contribution in [-0.4, -0.2) is 22.2 Å². The van der Waals surface area contributed by atoms with Gasteiger partial charge in [-0.3, -0.25) is 0 Å². The first-order valence-corrected chi connectivity index (χ1v) is 10.2. The standard InChI is InChI=1S/C21H38O4/c1-3-5-6-7-8-9-10-11-12-13-14-15-17-19(21(24)25)18(16-4-2)20(22)23/h3-17H2,1-2H3,(H,22,23)(H,24,25)/b19-18-. The number of carbonyl (C=O) groups is 2. The fourth-order valence-electron chi connectivity index (χ4n) is 3.17. The average Bonchev–Trinajstić information content (AvgIpc) is 2.57. The van der Waals surface area contributed by atoms with E-state index in [1.807, 2.05) is 6.92 Å². The fourth-order valence-corrected chi connectivity index (χ4v) is 3.17. The van der Waals surface area contributed by atoms with Crippen LogP contribution in [0.2, 0.25) is 0 Å². The van der Waals surface area contributed by atoms with Crippen LogP contribution >= 0.6 is 0 Å². The van der Waals surface area contributed by atoms with Crippen molar-refractivity contribution in [2.75, 3.05) is 0 Å². The van der Waals surface area contributed by atoms with Crippen molar-refractivity contribution in [3.63, 3.8) is 0 Å². The van der Waals surface area contributed by atoms with E-state index >= 15 is 0 Å². The molecule has 146 valence electrons. The largest absolute Gasteiger partial charge is 0.478 e. The van der Waals surface area contributed by atoms with Crippen molar-refractivity contribution in [2.24, 2.45) is 0 Å². The Kier molecular flexibility index (Phi) is 15.3. The number of rotatable bonds is 17. The minimum absolute atomic E-state index is 0.0815. The summed E-state index contributed by atoms with van der Waals surface area (Å²) in [4.78, 5) is 22.6. The molecule has 0 amide bonds. The van der Waals surface area contributed by atoms with Gasteiger partial charge in [-0.05, 0) is 19.3 Å². The summed E-state index contributed by atoms with van der Waals surface area (Å²) < 4.78 is 0. The van der Waals surface area contributed by atoms with Crippen LogP contribution in [0.3, 0.4) is 0 Å². The van der Waals surface area contributed by atoms with E-state index in [2.05, 4.69) is 6.92 Å². The second-order valence-electron chi connectivity index (χ2n) is 6.96. The van der Waals surface area contributed by atoms with E-state index in [4.69, 9.17) is 0 Å². The molecule has 0 aliphatic heterocycles. The molecule has 4 nitrogen and oxygen atoms in total. The highest BCUT2D eigenvalue weighted by atomic mass is 16.4. The van der Waals surface area contributed by atoms with Crippen molar-refractivity contribution in [3.05, 3.63) is 11.1 Å². The van der Waals surface area contributed by atoms with Crippen molar-refractivity contribution in [3.8, 4) is 0 Å². The summed E-state index contributed by atoms with van der Waals surface area (Å²) in [6.45, 7) is 4.10. The number of hydrogen-bond donors (Lipinski definition) is 2. The summed E-state index contributed by atoms with van der Waals surface area (Å²) in [6, 6.07) is 0. The maximum atomic E-state index is 11.3. The molecular weight excluding hydrogens is 316 g/mol. The van der Waals surface area contributed by atoms with Gasteiger partial charge in [0.05, 0.1) is 0 Å². The Morgan fingerprint density at radius 1 is 0.520 bits per heavy atom. The first kappa shape index (κ1) is 23.7. The zero-order chi connectivity index (χ0) is 18.9. The topological polar surface area (TPSA) is 74.6 Å². The van der Waals surface area contributed by atoms with E-state index in [0.717, 1.165) is 19.3 Å². The number of aliphatic carboxylic acids is 2. The van der Waals surface area contributed by atoms with E-state index in [-0.39, 0.29) is 11.1 Å². The highest BCUT2D eigenvalue weighted by molar-refractivity contribution is 5.98. The number of carboxylic acids is 2. The van der Waals surface area contributed by atoms with Crippen molar-refractivity contribution >= 4 is 11.9 Å². The normalized spacial score (nSPS) is 12.1. The fraction of sp³-hybridized carbons (Fsp3) is 0.810. The van der Waals surface area contributed by atoms with E-state index in [0.29, 0.717) is 19.3 Å². The monoisotopic (exact) mass is 354 g/mol. The Bertz CT molecular complexity index is 399. The van der Waals surface area contributed by atoms with Gasteiger partial charge in [0.15, 0.2) is 0 Å². The second-order valence-corrected chi connectivity index (χ2v) is 6.96. The molecular formula is C21H38O4. The van der Waals surface area contributed by atoms with Crippen molar-refractivity contribution in [1.29, 1.82) is 0 Å². The molecule has 0 fully saturated rings. The van der Waals surface area contributed by atoms with Gasteiger partial charge >= 0.3 is 11.9 Å². The Morgan fingerprint density at radius 3 is 1.24 bits per heavy atom. The highest BCUT2D eigenvalue weighted by Gasteiger charge is 2.18. The molecule has 0 aromatic rings. The molecule has 25 heavy (non-hydrogen) atoms. The molecule has 0 aromatic carbocycles. The summed E-state index contributed by atoms with van der Waals surface area (Å²) in [7, 11) is 0. The minimum atomic E-state index is -1.09. The SMILES string of the molecule is CCCCCCCCCCCCCC/C(C(=O)O)=C(\CCC)C(=O)O. The molecule has 0 saturated heterocycles. The molecule has 4 heteroatoms. The molecule has 0 aromatic heterocycles. The van der Waals surface area contributed by atoms with Gasteiger partial charge in [0.1, 0.15) is 0 Å². The minimum Gasteiger partial charge on any atom is -0.478 e. The van der Waals surface area contributed by atoms with Crippen LogP contribution in [0, 0.1) is 0 Å². The first-order chi connectivity index (χ1) is 12.0. The van der Waals surface area contributed by atoms with Crippen LogP contribution in [0.25, 0.3) is 0 Å². The van der Waals surface area contributed by atoms with Crippen LogP contribution in [0.5, 0.6) is 0 Å². The summed E-state index contributed by atoms with van der Waals surface area (Å²) in [5.74, 6) is -2.16. The summed E-state index contributed by atoms with van der Waals surface area (Å²) in [6.07, 6.45) is 16.0. The Labute approximate surface area is 153 Å². The molecule has 0 radical (unpaired) electrons. The predicted molar refractivity (Wildman–Crippen MR) is 103 cm³/mol. The molecule has 0 unspecified atom stereocenters. The summed E-state index contributed by atoms with van der Waals surface area (Å²) in [5.41, 5.74) is 0.180. The van der Waals surface area contributed by atoms with Crippen LogP contribution in [0.1, 0.15) is 110 Å². The lowest BCUT2D eigenvalue weighted by atomic mass is 9.97. The van der Waals surface area contributed by atoms with Crippen LogP contribution in [0.4, 0.5) is 0 Å². The van der Waals surface area contributed by atoms with Gasteiger partial charge in [-0.1, -0.05) is 90.9 Å². The van der Waals surface area contributed by atoms with Gasteiger partial charge in [0, 0.05) is 11.1 Å². The Morgan fingerprint density at radius 2 is 0.880 bits per heavy atom. The van der Waals surface area contributed by atoms with E-state index < -0.39 is 11.9 Å². The third-order valence-electron chi connectivity index (χ3n) is 4.66. The Balaban J connectivity index is 3.85. The summed E-state index contributed by atoms with van der Waals surface area (Å²) >= 11 is 0. The van der Waals surface area contributed by atoms with Crippen LogP contribution in [0.15, 0.2) is 11.1 Å². The molecule has 0 saturated carbocycles. The van der Waals surface area contributed by atoms with Crippen molar-refractivity contribution in [1.82, 2.24) is 0 Å². The molecule has 0 spiro atoms.